The molecule has 1 aromatic carbocycles. The van der Waals surface area contributed by atoms with Crippen molar-refractivity contribution in [2.24, 2.45) is 11.3 Å². The van der Waals surface area contributed by atoms with Crippen molar-refractivity contribution < 1.29 is 51.1 Å². The number of aromatic nitrogens is 4. The second-order valence-electron chi connectivity index (χ2n) is 13.0. The van der Waals surface area contributed by atoms with Crippen molar-refractivity contribution in [3.63, 3.8) is 0 Å². The molecule has 20 heteroatoms. The number of fused-ring (bicyclic) bond motifs is 1. The first kappa shape index (κ1) is 42.7. The number of para-hydroxylation sites is 1. The van der Waals surface area contributed by atoms with Crippen LogP contribution in [0.3, 0.4) is 0 Å². The predicted molar refractivity (Wildman–Crippen MR) is 186 cm³/mol. The van der Waals surface area contributed by atoms with Crippen molar-refractivity contribution in [2.45, 2.75) is 98.4 Å². The average Bonchev–Trinajstić information content (AvgIpc) is 3.59. The fourth-order valence-corrected chi connectivity index (χ4v) is 7.83. The second-order valence-corrected chi connectivity index (χ2v) is 16.6. The maximum absolute atomic E-state index is 15.1. The van der Waals surface area contributed by atoms with Crippen LogP contribution in [0, 0.1) is 11.3 Å². The Kier molecular flexibility index (Phi) is 15.4. The third kappa shape index (κ3) is 12.4. The molecule has 0 spiro atoms. The summed E-state index contributed by atoms with van der Waals surface area (Å²) in [5.74, 6) is -0.0113. The number of anilines is 1. The highest BCUT2D eigenvalue weighted by Crippen LogP contribution is 2.58. The van der Waals surface area contributed by atoms with Gasteiger partial charge in [-0.25, -0.2) is 18.3 Å². The number of hydrogen-bond acceptors (Lipinski definition) is 14. The minimum absolute atomic E-state index is 0.00182. The normalized spacial score (nSPS) is 22.1. The molecule has 3 aromatic rings. The molecule has 3 heterocycles. The lowest BCUT2D eigenvalue weighted by Crippen LogP contribution is -2.36. The number of carbonyl (C=O) groups is 1. The van der Waals surface area contributed by atoms with E-state index in [0.717, 1.165) is 16.8 Å². The number of imidazole rings is 1. The van der Waals surface area contributed by atoms with Gasteiger partial charge in [-0.2, -0.15) is 15.1 Å². The smallest absolute Gasteiger partial charge is 0.465 e. The highest BCUT2D eigenvalue weighted by molar-refractivity contribution is 7.63. The molecule has 1 aliphatic rings. The maximum Gasteiger partial charge on any atom is 0.465 e. The number of rotatable bonds is 15. The minimum atomic E-state index is -5.55. The number of ether oxygens (including phenoxy) is 2. The summed E-state index contributed by atoms with van der Waals surface area (Å²) in [5.41, 5.74) is 5.49. The lowest BCUT2D eigenvalue weighted by molar-refractivity contribution is -0.220. The quantitative estimate of drug-likeness (QED) is 0.0950. The molecule has 4 N–H and O–H groups in total. The number of hydrogen-bond donors (Lipinski definition) is 3. The molecular weight excluding hydrogens is 733 g/mol. The van der Waals surface area contributed by atoms with Crippen LogP contribution in [0.2, 0.25) is 5.28 Å². The SMILES string of the molecule is CCC(CC)CC.C[C@@H](NP(=O)(Oc1ccccc1)OP(=O)([O-])OC[C@H]1O[C@@H](n2cnc3c(N)nc(Cl)nc32)[C@H](F)C1O)C(=O)OCC(C)(C)C. The zero-order valence-corrected chi connectivity index (χ0v) is 32.1. The van der Waals surface area contributed by atoms with E-state index in [9.17, 15) is 23.9 Å². The van der Waals surface area contributed by atoms with Crippen LogP contribution in [0.1, 0.15) is 74.0 Å². The molecule has 0 radical (unpaired) electrons. The number of carbonyl (C=O) groups excluding carboxylic acids is 1. The first-order chi connectivity index (χ1) is 23.8. The molecule has 1 saturated heterocycles. The third-order valence-corrected chi connectivity index (χ3v) is 11.1. The fraction of sp³-hybridized carbons (Fsp3) is 0.613. The molecule has 1 fully saturated rings. The second kappa shape index (κ2) is 18.4. The van der Waals surface area contributed by atoms with Gasteiger partial charge in [-0.15, -0.1) is 0 Å². The standard InChI is InChI=1S/C24H32ClFN6O10P2.C7H16/c1-13(22(34)38-11-24(2,3)4)31-43(35,41-14-8-6-5-7-9-14)42-44(36,37)39-10-15-18(33)16(26)21(40-15)32-12-28-17-19(27)29-23(25)30-20(17)32;1-4-7(5-2)6-3/h5-9,12-13,15-16,18,21,33H,10-11H2,1-4H3,(H,31,35)(H,36,37)(H2,27,29,30);7H,4-6H2,1-3H3/p-1/t13-,15-,16-,18?,21-,43?;/m1./s1. The first-order valence-electron chi connectivity index (χ1n) is 16.4. The van der Waals surface area contributed by atoms with E-state index in [1.165, 1.54) is 50.5 Å². The van der Waals surface area contributed by atoms with E-state index in [-0.39, 0.29) is 40.0 Å². The number of esters is 1. The molecule has 0 aliphatic carbocycles. The number of alkyl halides is 1. The number of halogens is 2. The molecule has 4 rings (SSSR count). The van der Waals surface area contributed by atoms with E-state index in [0.29, 0.717) is 0 Å². The number of phosphoric acid groups is 1. The van der Waals surface area contributed by atoms with Gasteiger partial charge >= 0.3 is 13.7 Å². The number of aliphatic hydroxyl groups excluding tert-OH is 1. The van der Waals surface area contributed by atoms with E-state index in [2.05, 4.69) is 40.8 Å². The number of nitrogens with one attached hydrogen (secondary N) is 1. The highest BCUT2D eigenvalue weighted by atomic mass is 35.5. The Balaban J connectivity index is 0.000000908. The van der Waals surface area contributed by atoms with Gasteiger partial charge in [0.25, 0.3) is 7.82 Å². The summed E-state index contributed by atoms with van der Waals surface area (Å²) in [6, 6.07) is 6.06. The molecule has 286 valence electrons. The fourth-order valence-electron chi connectivity index (χ4n) is 4.74. The van der Waals surface area contributed by atoms with Gasteiger partial charge in [0.2, 0.25) is 5.28 Å². The van der Waals surface area contributed by atoms with Crippen molar-refractivity contribution in [3.8, 4) is 5.75 Å². The van der Waals surface area contributed by atoms with Crippen LogP contribution in [0.5, 0.6) is 5.75 Å². The van der Waals surface area contributed by atoms with Crippen LogP contribution in [0.4, 0.5) is 10.2 Å². The van der Waals surface area contributed by atoms with Gasteiger partial charge in [0.05, 0.1) is 19.5 Å². The predicted octanol–water partition coefficient (Wildman–Crippen LogP) is 5.75. The van der Waals surface area contributed by atoms with Crippen LogP contribution >= 0.6 is 27.2 Å². The molecule has 16 nitrogen and oxygen atoms in total. The van der Waals surface area contributed by atoms with Gasteiger partial charge in [-0.3, -0.25) is 13.9 Å². The maximum atomic E-state index is 15.1. The third-order valence-electron chi connectivity index (χ3n) is 7.65. The van der Waals surface area contributed by atoms with Crippen LogP contribution in [0.15, 0.2) is 36.7 Å². The Bertz CT molecular complexity index is 1670. The number of aliphatic hydroxyl groups is 1. The molecule has 0 saturated carbocycles. The number of nitrogens with two attached hydrogens (primary N) is 1. The van der Waals surface area contributed by atoms with Gasteiger partial charge in [-0.05, 0) is 42.0 Å². The molecule has 0 bridgehead atoms. The van der Waals surface area contributed by atoms with Crippen LogP contribution in [0.25, 0.3) is 11.2 Å². The zero-order chi connectivity index (χ0) is 38.1. The van der Waals surface area contributed by atoms with Crippen LogP contribution in [-0.4, -0.2) is 68.2 Å². The number of phosphoric ester groups is 1. The lowest BCUT2D eigenvalue weighted by Gasteiger charge is -2.30. The molecule has 2 aromatic heterocycles. The molecular formula is C31H47ClFN6O10P2-. The van der Waals surface area contributed by atoms with Crippen molar-refractivity contribution in [3.05, 3.63) is 41.9 Å². The van der Waals surface area contributed by atoms with Crippen molar-refractivity contribution in [1.82, 2.24) is 24.6 Å². The van der Waals surface area contributed by atoms with Gasteiger partial charge in [0.1, 0.15) is 29.5 Å². The summed E-state index contributed by atoms with van der Waals surface area (Å²) in [7, 11) is -10.4. The Labute approximate surface area is 301 Å². The number of nitrogens with zero attached hydrogens (tertiary/aromatic N) is 4. The summed E-state index contributed by atoms with van der Waals surface area (Å²) >= 11 is 5.85. The summed E-state index contributed by atoms with van der Waals surface area (Å²) in [6.07, 6.45) is -1.87. The molecule has 1 aliphatic heterocycles. The topological polar surface area (TPSA) is 222 Å². The lowest BCUT2D eigenvalue weighted by atomic mass is 9.99. The van der Waals surface area contributed by atoms with Crippen molar-refractivity contribution >= 4 is 50.1 Å². The van der Waals surface area contributed by atoms with Gasteiger partial charge < -0.3 is 34.3 Å². The Morgan fingerprint density at radius 2 is 1.80 bits per heavy atom. The van der Waals surface area contributed by atoms with Gasteiger partial charge in [0.15, 0.2) is 23.9 Å². The van der Waals surface area contributed by atoms with Crippen molar-refractivity contribution in [1.29, 1.82) is 0 Å². The summed E-state index contributed by atoms with van der Waals surface area (Å²) in [6.45, 7) is 12.6. The molecule has 7 atom stereocenters. The first-order valence-corrected chi connectivity index (χ1v) is 19.8. The number of benzene rings is 1. The average molecular weight is 780 g/mol. The van der Waals surface area contributed by atoms with Gasteiger partial charge in [-0.1, -0.05) is 79.0 Å². The van der Waals surface area contributed by atoms with E-state index >= 15 is 4.39 Å². The van der Waals surface area contributed by atoms with Crippen LogP contribution in [-0.2, 0) is 32.2 Å². The summed E-state index contributed by atoms with van der Waals surface area (Å²) in [5, 5.41) is 12.4. The molecule has 0 amide bonds. The zero-order valence-electron chi connectivity index (χ0n) is 29.6. The molecule has 3 unspecified atom stereocenters. The monoisotopic (exact) mass is 779 g/mol. The van der Waals surface area contributed by atoms with E-state index in [4.69, 9.17) is 40.2 Å². The summed E-state index contributed by atoms with van der Waals surface area (Å²) < 4.78 is 68.3. The Morgan fingerprint density at radius 1 is 1.18 bits per heavy atom. The van der Waals surface area contributed by atoms with E-state index < -0.39 is 58.8 Å². The largest absolute Gasteiger partial charge is 0.756 e. The van der Waals surface area contributed by atoms with Crippen molar-refractivity contribution in [2.75, 3.05) is 18.9 Å². The number of nitrogen functional groups attached to an aromatic ring is 1. The summed E-state index contributed by atoms with van der Waals surface area (Å²) in [4.78, 5) is 37.0. The molecule has 51 heavy (non-hydrogen) atoms. The van der Waals surface area contributed by atoms with E-state index in [1.807, 2.05) is 20.8 Å². The van der Waals surface area contributed by atoms with E-state index in [1.54, 1.807) is 6.07 Å². The minimum Gasteiger partial charge on any atom is -0.756 e. The van der Waals surface area contributed by atoms with Crippen LogP contribution < -0.4 is 20.2 Å². The highest BCUT2D eigenvalue weighted by Gasteiger charge is 2.47. The Hall–Kier alpha value is -2.72. The Morgan fingerprint density at radius 3 is 2.37 bits per heavy atom. The van der Waals surface area contributed by atoms with Gasteiger partial charge in [0, 0.05) is 0 Å².